The third kappa shape index (κ3) is 10.5. The van der Waals surface area contributed by atoms with Gasteiger partial charge in [0.25, 0.3) is 0 Å². The molecular weight excluding hydrogens is 381 g/mol. The molecule has 0 radical (unpaired) electrons. The van der Waals surface area contributed by atoms with Gasteiger partial charge in [0.05, 0.1) is 18.8 Å². The fourth-order valence-corrected chi connectivity index (χ4v) is 4.74. The second-order valence-corrected chi connectivity index (χ2v) is 9.67. The number of rotatable bonds is 13. The minimum Gasteiger partial charge on any atom is -0.287 e. The molecule has 8 heteroatoms. The summed E-state index contributed by atoms with van der Waals surface area (Å²) in [5.41, 5.74) is -0.800. The lowest BCUT2D eigenvalue weighted by atomic mass is 9.87. The van der Waals surface area contributed by atoms with Gasteiger partial charge in [0.15, 0.2) is 0 Å². The van der Waals surface area contributed by atoms with Crippen molar-refractivity contribution in [1.82, 2.24) is 0 Å². The van der Waals surface area contributed by atoms with Gasteiger partial charge in [0.2, 0.25) is 0 Å². The van der Waals surface area contributed by atoms with E-state index >= 15 is 0 Å². The van der Waals surface area contributed by atoms with E-state index < -0.39 is 13.4 Å². The Bertz CT molecular complexity index is 345. The molecule has 0 aromatic carbocycles. The Morgan fingerprint density at radius 3 is 1.65 bits per heavy atom. The SMILES string of the molecule is CCOP(=O)(OCC)OC(CCC(C)Cl)(CC(C)Cl)CC(C)Cl. The van der Waals surface area contributed by atoms with E-state index in [0.29, 0.717) is 25.7 Å². The van der Waals surface area contributed by atoms with Crippen molar-refractivity contribution in [2.45, 2.75) is 82.0 Å². The van der Waals surface area contributed by atoms with Crippen molar-refractivity contribution in [2.24, 2.45) is 0 Å². The van der Waals surface area contributed by atoms with E-state index in [1.165, 1.54) is 0 Å². The van der Waals surface area contributed by atoms with Crippen LogP contribution in [-0.4, -0.2) is 34.9 Å². The maximum atomic E-state index is 12.9. The lowest BCUT2D eigenvalue weighted by Gasteiger charge is -2.38. The molecule has 0 aliphatic heterocycles. The Morgan fingerprint density at radius 2 is 1.35 bits per heavy atom. The minimum atomic E-state index is -3.67. The Kier molecular flexibility index (Phi) is 12.1. The number of phosphoric ester groups is 1. The topological polar surface area (TPSA) is 44.8 Å². The first kappa shape index (κ1) is 24.0. The minimum absolute atomic E-state index is 0.0344. The van der Waals surface area contributed by atoms with Crippen LogP contribution in [0.15, 0.2) is 0 Å². The molecule has 4 nitrogen and oxygen atoms in total. The Balaban J connectivity index is 5.50. The van der Waals surface area contributed by atoms with Crippen LogP contribution in [-0.2, 0) is 18.1 Å². The Hall–Kier alpha value is 0.980. The number of halogens is 3. The molecule has 23 heavy (non-hydrogen) atoms. The highest BCUT2D eigenvalue weighted by Crippen LogP contribution is 2.55. The van der Waals surface area contributed by atoms with Crippen molar-refractivity contribution in [1.29, 1.82) is 0 Å². The largest absolute Gasteiger partial charge is 0.475 e. The summed E-state index contributed by atoms with van der Waals surface area (Å²) in [6, 6.07) is 0. The Morgan fingerprint density at radius 1 is 0.913 bits per heavy atom. The van der Waals surface area contributed by atoms with Crippen molar-refractivity contribution < 1.29 is 18.1 Å². The van der Waals surface area contributed by atoms with Gasteiger partial charge in [0, 0.05) is 16.1 Å². The first-order valence-electron chi connectivity index (χ1n) is 8.10. The summed E-state index contributed by atoms with van der Waals surface area (Å²) in [6.07, 6.45) is 2.24. The highest BCUT2D eigenvalue weighted by molar-refractivity contribution is 7.48. The third-order valence-electron chi connectivity index (χ3n) is 3.18. The van der Waals surface area contributed by atoms with Gasteiger partial charge in [-0.15, -0.1) is 34.8 Å². The van der Waals surface area contributed by atoms with Crippen molar-refractivity contribution in [3.05, 3.63) is 0 Å². The molecule has 0 aliphatic rings. The van der Waals surface area contributed by atoms with Crippen LogP contribution in [0.1, 0.15) is 60.3 Å². The summed E-state index contributed by atoms with van der Waals surface area (Å²) in [4.78, 5) is 0. The summed E-state index contributed by atoms with van der Waals surface area (Å²) >= 11 is 18.5. The number of alkyl halides is 3. The molecule has 0 N–H and O–H groups in total. The summed E-state index contributed by atoms with van der Waals surface area (Å²) in [5.74, 6) is 0. The Labute approximate surface area is 156 Å². The zero-order valence-electron chi connectivity index (χ0n) is 14.7. The molecule has 0 bridgehead atoms. The summed E-state index contributed by atoms with van der Waals surface area (Å²) in [6.45, 7) is 9.59. The second-order valence-electron chi connectivity index (χ2n) is 5.85. The molecule has 0 saturated heterocycles. The van der Waals surface area contributed by atoms with Gasteiger partial charge in [-0.3, -0.25) is 13.6 Å². The van der Waals surface area contributed by atoms with E-state index in [4.69, 9.17) is 48.4 Å². The quantitative estimate of drug-likeness (QED) is 0.261. The molecule has 0 fully saturated rings. The number of phosphoric acid groups is 1. The van der Waals surface area contributed by atoms with E-state index in [-0.39, 0.29) is 29.3 Å². The average Bonchev–Trinajstić information content (AvgIpc) is 2.34. The van der Waals surface area contributed by atoms with E-state index in [9.17, 15) is 4.57 Å². The molecule has 0 rings (SSSR count). The first-order valence-corrected chi connectivity index (χ1v) is 10.9. The van der Waals surface area contributed by atoms with E-state index in [2.05, 4.69) is 0 Å². The summed E-state index contributed by atoms with van der Waals surface area (Å²) in [7, 11) is -3.67. The molecule has 0 aliphatic carbocycles. The van der Waals surface area contributed by atoms with Gasteiger partial charge in [-0.1, -0.05) is 0 Å². The predicted octanol–water partition coefficient (Wildman–Crippen LogP) is 6.37. The lowest BCUT2D eigenvalue weighted by molar-refractivity contribution is -0.00777. The van der Waals surface area contributed by atoms with Crippen LogP contribution in [0.25, 0.3) is 0 Å². The van der Waals surface area contributed by atoms with Crippen LogP contribution in [0, 0.1) is 0 Å². The van der Waals surface area contributed by atoms with Gasteiger partial charge in [-0.25, -0.2) is 4.57 Å². The van der Waals surface area contributed by atoms with Gasteiger partial charge in [-0.2, -0.15) is 0 Å². The number of hydrogen-bond donors (Lipinski definition) is 0. The van der Waals surface area contributed by atoms with Crippen molar-refractivity contribution in [3.8, 4) is 0 Å². The molecule has 0 heterocycles. The molecular formula is C15H30Cl3O4P. The molecule has 0 aromatic rings. The maximum Gasteiger partial charge on any atom is 0.475 e. The van der Waals surface area contributed by atoms with Crippen molar-refractivity contribution in [2.75, 3.05) is 13.2 Å². The van der Waals surface area contributed by atoms with Gasteiger partial charge in [-0.05, 0) is 60.3 Å². The van der Waals surface area contributed by atoms with E-state index in [1.54, 1.807) is 13.8 Å². The van der Waals surface area contributed by atoms with Crippen LogP contribution in [0.5, 0.6) is 0 Å². The lowest BCUT2D eigenvalue weighted by Crippen LogP contribution is -2.37. The predicted molar refractivity (Wildman–Crippen MR) is 99.1 cm³/mol. The molecule has 0 aromatic heterocycles. The normalized spacial score (nSPS) is 19.1. The second kappa shape index (κ2) is 11.6. The highest BCUT2D eigenvalue weighted by Gasteiger charge is 2.42. The highest BCUT2D eigenvalue weighted by atomic mass is 35.5. The van der Waals surface area contributed by atoms with Crippen LogP contribution < -0.4 is 0 Å². The maximum absolute atomic E-state index is 12.9. The van der Waals surface area contributed by atoms with Crippen LogP contribution in [0.3, 0.4) is 0 Å². The smallest absolute Gasteiger partial charge is 0.287 e. The van der Waals surface area contributed by atoms with Crippen LogP contribution in [0.2, 0.25) is 0 Å². The zero-order chi connectivity index (χ0) is 18.1. The molecule has 0 amide bonds. The standard InChI is InChI=1S/C15H30Cl3O4P/c1-6-20-23(19,21-7-2)22-15(10-13(4)17,11-14(5)18)9-8-12(3)16/h12-14H,6-11H2,1-5H3. The third-order valence-corrected chi connectivity index (χ3v) is 5.47. The molecule has 3 atom stereocenters. The van der Waals surface area contributed by atoms with Gasteiger partial charge in [0.1, 0.15) is 0 Å². The molecule has 3 unspecified atom stereocenters. The van der Waals surface area contributed by atoms with Gasteiger partial charge < -0.3 is 0 Å². The summed E-state index contributed by atoms with van der Waals surface area (Å²) in [5, 5.41) is -0.381. The van der Waals surface area contributed by atoms with E-state index in [0.717, 1.165) is 0 Å². The molecule has 140 valence electrons. The fourth-order valence-electron chi connectivity index (χ4n) is 2.54. The van der Waals surface area contributed by atoms with E-state index in [1.807, 2.05) is 20.8 Å². The van der Waals surface area contributed by atoms with Gasteiger partial charge >= 0.3 is 7.82 Å². The molecule has 0 spiro atoms. The van der Waals surface area contributed by atoms with Crippen LogP contribution in [0.4, 0.5) is 0 Å². The fraction of sp³-hybridized carbons (Fsp3) is 1.00. The first-order chi connectivity index (χ1) is 10.6. The molecule has 0 saturated carbocycles. The summed E-state index contributed by atoms with van der Waals surface area (Å²) < 4.78 is 29.4. The van der Waals surface area contributed by atoms with Crippen molar-refractivity contribution >= 4 is 42.6 Å². The number of hydrogen-bond acceptors (Lipinski definition) is 4. The van der Waals surface area contributed by atoms with Crippen LogP contribution >= 0.6 is 42.6 Å². The van der Waals surface area contributed by atoms with Crippen molar-refractivity contribution in [3.63, 3.8) is 0 Å². The monoisotopic (exact) mass is 410 g/mol. The zero-order valence-corrected chi connectivity index (χ0v) is 17.9. The average molecular weight is 412 g/mol.